The molecule has 1 N–H and O–H groups in total. The van der Waals surface area contributed by atoms with Crippen LogP contribution in [0.15, 0.2) is 18.5 Å². The SMILES string of the molecule is Cc1cncc(Nc2c(C#N)c(C)nn2C)c1. The summed E-state index contributed by atoms with van der Waals surface area (Å²) in [7, 11) is 1.80. The number of nitriles is 1. The molecular weight excluding hydrogens is 214 g/mol. The Labute approximate surface area is 99.7 Å². The third-order valence-electron chi connectivity index (χ3n) is 2.47. The lowest BCUT2D eigenvalue weighted by atomic mass is 10.2. The Morgan fingerprint density at radius 3 is 2.76 bits per heavy atom. The molecule has 2 aromatic rings. The Kier molecular flexibility index (Phi) is 2.79. The van der Waals surface area contributed by atoms with Crippen molar-refractivity contribution in [3.63, 3.8) is 0 Å². The lowest BCUT2D eigenvalue weighted by Crippen LogP contribution is -2.00. The Hall–Kier alpha value is -2.35. The normalized spacial score (nSPS) is 10.0. The fourth-order valence-corrected chi connectivity index (χ4v) is 1.70. The molecule has 0 amide bonds. The summed E-state index contributed by atoms with van der Waals surface area (Å²) in [5.41, 5.74) is 3.20. The molecule has 0 fully saturated rings. The first kappa shape index (κ1) is 11.1. The molecule has 2 heterocycles. The van der Waals surface area contributed by atoms with Crippen LogP contribution in [-0.4, -0.2) is 14.8 Å². The minimum atomic E-state index is 0.564. The average Bonchev–Trinajstić information content (AvgIpc) is 2.53. The van der Waals surface area contributed by atoms with Gasteiger partial charge in [-0.25, -0.2) is 0 Å². The van der Waals surface area contributed by atoms with E-state index in [1.807, 2.05) is 19.9 Å². The van der Waals surface area contributed by atoms with Crippen LogP contribution in [0.4, 0.5) is 11.5 Å². The average molecular weight is 227 g/mol. The summed E-state index contributed by atoms with van der Waals surface area (Å²) in [6.45, 7) is 3.79. The van der Waals surface area contributed by atoms with Crippen molar-refractivity contribution in [1.82, 2.24) is 14.8 Å². The van der Waals surface area contributed by atoms with Gasteiger partial charge in [-0.2, -0.15) is 10.4 Å². The first-order chi connectivity index (χ1) is 8.11. The van der Waals surface area contributed by atoms with Crippen molar-refractivity contribution in [2.75, 3.05) is 5.32 Å². The maximum atomic E-state index is 9.09. The van der Waals surface area contributed by atoms with Crippen LogP contribution in [0, 0.1) is 25.2 Å². The van der Waals surface area contributed by atoms with E-state index in [0.29, 0.717) is 11.4 Å². The Morgan fingerprint density at radius 1 is 1.35 bits per heavy atom. The minimum Gasteiger partial charge on any atom is -0.338 e. The molecule has 0 saturated heterocycles. The van der Waals surface area contributed by atoms with Gasteiger partial charge < -0.3 is 5.32 Å². The molecule has 5 nitrogen and oxygen atoms in total. The minimum absolute atomic E-state index is 0.564. The number of hydrogen-bond acceptors (Lipinski definition) is 4. The molecule has 0 bridgehead atoms. The second kappa shape index (κ2) is 4.26. The highest BCUT2D eigenvalue weighted by atomic mass is 15.3. The zero-order valence-corrected chi connectivity index (χ0v) is 10.0. The molecule has 5 heteroatoms. The Morgan fingerprint density at radius 2 is 2.12 bits per heavy atom. The van der Waals surface area contributed by atoms with E-state index in [2.05, 4.69) is 21.5 Å². The summed E-state index contributed by atoms with van der Waals surface area (Å²) < 4.78 is 1.66. The van der Waals surface area contributed by atoms with Gasteiger partial charge in [0.25, 0.3) is 0 Å². The van der Waals surface area contributed by atoms with Crippen molar-refractivity contribution in [2.24, 2.45) is 7.05 Å². The van der Waals surface area contributed by atoms with Crippen molar-refractivity contribution < 1.29 is 0 Å². The van der Waals surface area contributed by atoms with Gasteiger partial charge in [-0.05, 0) is 25.5 Å². The summed E-state index contributed by atoms with van der Waals surface area (Å²) >= 11 is 0. The highest BCUT2D eigenvalue weighted by Gasteiger charge is 2.12. The molecular formula is C12H13N5. The lowest BCUT2D eigenvalue weighted by Gasteiger charge is -2.07. The predicted molar refractivity (Wildman–Crippen MR) is 64.9 cm³/mol. The fourth-order valence-electron chi connectivity index (χ4n) is 1.70. The lowest BCUT2D eigenvalue weighted by molar-refractivity contribution is 0.765. The van der Waals surface area contributed by atoms with Gasteiger partial charge in [0.2, 0.25) is 0 Å². The van der Waals surface area contributed by atoms with Crippen LogP contribution in [0.5, 0.6) is 0 Å². The van der Waals surface area contributed by atoms with E-state index < -0.39 is 0 Å². The van der Waals surface area contributed by atoms with E-state index in [0.717, 1.165) is 16.9 Å². The second-order valence-electron chi connectivity index (χ2n) is 3.92. The topological polar surface area (TPSA) is 66.5 Å². The van der Waals surface area contributed by atoms with E-state index in [9.17, 15) is 0 Å². The molecule has 0 aromatic carbocycles. The molecule has 86 valence electrons. The molecule has 0 aliphatic heterocycles. The van der Waals surface area contributed by atoms with Crippen LogP contribution in [0.1, 0.15) is 16.8 Å². The fraction of sp³-hybridized carbons (Fsp3) is 0.250. The van der Waals surface area contributed by atoms with Gasteiger partial charge in [0, 0.05) is 13.2 Å². The summed E-state index contributed by atoms with van der Waals surface area (Å²) in [5.74, 6) is 0.692. The van der Waals surface area contributed by atoms with Crippen LogP contribution >= 0.6 is 0 Å². The smallest absolute Gasteiger partial charge is 0.146 e. The van der Waals surface area contributed by atoms with Gasteiger partial charge in [0.1, 0.15) is 17.5 Å². The molecule has 0 atom stereocenters. The highest BCUT2D eigenvalue weighted by molar-refractivity contribution is 5.64. The zero-order valence-electron chi connectivity index (χ0n) is 10.0. The van der Waals surface area contributed by atoms with Crippen molar-refractivity contribution in [3.05, 3.63) is 35.3 Å². The van der Waals surface area contributed by atoms with E-state index >= 15 is 0 Å². The largest absolute Gasteiger partial charge is 0.338 e. The molecule has 0 aliphatic carbocycles. The Bertz CT molecular complexity index is 591. The number of aromatic nitrogens is 3. The Balaban J connectivity index is 2.40. The maximum Gasteiger partial charge on any atom is 0.146 e. The third kappa shape index (κ3) is 2.11. The van der Waals surface area contributed by atoms with E-state index in [1.165, 1.54) is 0 Å². The quantitative estimate of drug-likeness (QED) is 0.852. The number of aryl methyl sites for hydroxylation is 3. The van der Waals surface area contributed by atoms with Crippen LogP contribution < -0.4 is 5.32 Å². The molecule has 2 aromatic heterocycles. The van der Waals surface area contributed by atoms with Gasteiger partial charge in [-0.3, -0.25) is 9.67 Å². The molecule has 0 saturated carbocycles. The van der Waals surface area contributed by atoms with Crippen molar-refractivity contribution in [3.8, 4) is 6.07 Å². The predicted octanol–water partition coefficient (Wildman–Crippen LogP) is 2.05. The number of hydrogen-bond donors (Lipinski definition) is 1. The third-order valence-corrected chi connectivity index (χ3v) is 2.47. The van der Waals surface area contributed by atoms with E-state index in [-0.39, 0.29) is 0 Å². The molecule has 0 radical (unpaired) electrons. The number of nitrogens with zero attached hydrogens (tertiary/aromatic N) is 4. The molecule has 0 aliphatic rings. The molecule has 0 spiro atoms. The number of rotatable bonds is 2. The highest BCUT2D eigenvalue weighted by Crippen LogP contribution is 2.22. The van der Waals surface area contributed by atoms with Gasteiger partial charge in [0.05, 0.1) is 17.6 Å². The van der Waals surface area contributed by atoms with Crippen molar-refractivity contribution in [2.45, 2.75) is 13.8 Å². The van der Waals surface area contributed by atoms with Crippen LogP contribution in [0.25, 0.3) is 0 Å². The molecule has 2 rings (SSSR count). The van der Waals surface area contributed by atoms with E-state index in [4.69, 9.17) is 5.26 Å². The van der Waals surface area contributed by atoms with Gasteiger partial charge in [-0.1, -0.05) is 0 Å². The zero-order chi connectivity index (χ0) is 12.4. The number of nitrogens with one attached hydrogen (secondary N) is 1. The van der Waals surface area contributed by atoms with Gasteiger partial charge in [-0.15, -0.1) is 0 Å². The standard InChI is InChI=1S/C12H13N5/c1-8-4-10(7-14-6-8)15-12-11(5-13)9(2)16-17(12)3/h4,6-7,15H,1-3H3. The van der Waals surface area contributed by atoms with E-state index in [1.54, 1.807) is 24.1 Å². The van der Waals surface area contributed by atoms with Gasteiger partial charge in [0.15, 0.2) is 0 Å². The summed E-state index contributed by atoms with van der Waals surface area (Å²) in [5, 5.41) is 16.5. The second-order valence-corrected chi connectivity index (χ2v) is 3.92. The number of anilines is 2. The van der Waals surface area contributed by atoms with Crippen molar-refractivity contribution >= 4 is 11.5 Å². The summed E-state index contributed by atoms with van der Waals surface area (Å²) in [6.07, 6.45) is 3.50. The number of pyridine rings is 1. The van der Waals surface area contributed by atoms with Crippen LogP contribution in [0.3, 0.4) is 0 Å². The maximum absolute atomic E-state index is 9.09. The monoisotopic (exact) mass is 227 g/mol. The molecule has 0 unspecified atom stereocenters. The molecule has 17 heavy (non-hydrogen) atoms. The summed E-state index contributed by atoms with van der Waals surface area (Å²) in [6, 6.07) is 4.12. The van der Waals surface area contributed by atoms with Crippen molar-refractivity contribution in [1.29, 1.82) is 5.26 Å². The van der Waals surface area contributed by atoms with Crippen LogP contribution in [-0.2, 0) is 7.05 Å². The first-order valence-electron chi connectivity index (χ1n) is 5.24. The van der Waals surface area contributed by atoms with Crippen LogP contribution in [0.2, 0.25) is 0 Å². The first-order valence-corrected chi connectivity index (χ1v) is 5.24. The summed E-state index contributed by atoms with van der Waals surface area (Å²) in [4.78, 5) is 4.10. The van der Waals surface area contributed by atoms with Gasteiger partial charge >= 0.3 is 0 Å².